The van der Waals surface area contributed by atoms with Crippen molar-refractivity contribution in [2.45, 2.75) is 52.2 Å². The van der Waals surface area contributed by atoms with Gasteiger partial charge in [0.1, 0.15) is 5.82 Å². The van der Waals surface area contributed by atoms with E-state index < -0.39 is 0 Å². The van der Waals surface area contributed by atoms with E-state index >= 15 is 0 Å². The van der Waals surface area contributed by atoms with Crippen molar-refractivity contribution in [2.24, 2.45) is 0 Å². The van der Waals surface area contributed by atoms with E-state index in [1.807, 2.05) is 6.20 Å². The van der Waals surface area contributed by atoms with E-state index in [0.717, 1.165) is 12.4 Å². The summed E-state index contributed by atoms with van der Waals surface area (Å²) in [6.07, 6.45) is 4.47. The summed E-state index contributed by atoms with van der Waals surface area (Å²) in [6, 6.07) is 3.39. The Kier molecular flexibility index (Phi) is 5.59. The van der Waals surface area contributed by atoms with Gasteiger partial charge in [-0.1, -0.05) is 13.8 Å². The zero-order chi connectivity index (χ0) is 15.4. The first-order valence-corrected chi connectivity index (χ1v) is 8.07. The number of rotatable bonds is 5. The average molecular weight is 290 g/mol. The number of hydrogen-bond donors (Lipinski definition) is 1. The molecule has 1 saturated heterocycles. The van der Waals surface area contributed by atoms with Gasteiger partial charge in [0.15, 0.2) is 0 Å². The Hall–Kier alpha value is -1.13. The lowest BCUT2D eigenvalue weighted by molar-refractivity contribution is 0.252. The highest BCUT2D eigenvalue weighted by Crippen LogP contribution is 2.23. The van der Waals surface area contributed by atoms with Gasteiger partial charge in [-0.3, -0.25) is 0 Å². The Labute approximate surface area is 129 Å². The standard InChI is InChI=1S/C17H30N4/c1-13(2)18-11-15-10-14(3)17(19-12-15)21(5)16-6-8-20(4)9-7-16/h10,12-13,16,18H,6-9,11H2,1-5H3. The van der Waals surface area contributed by atoms with Crippen LogP contribution in [0.3, 0.4) is 0 Å². The molecular weight excluding hydrogens is 260 g/mol. The number of aryl methyl sites for hydroxylation is 1. The highest BCUT2D eigenvalue weighted by Gasteiger charge is 2.22. The second-order valence-electron chi connectivity index (χ2n) is 6.67. The third kappa shape index (κ3) is 4.42. The van der Waals surface area contributed by atoms with Crippen molar-refractivity contribution >= 4 is 5.82 Å². The normalized spacial score (nSPS) is 17.4. The van der Waals surface area contributed by atoms with E-state index in [1.165, 1.54) is 37.1 Å². The van der Waals surface area contributed by atoms with Gasteiger partial charge in [0.2, 0.25) is 0 Å². The topological polar surface area (TPSA) is 31.4 Å². The molecule has 0 spiro atoms. The first kappa shape index (κ1) is 16.2. The van der Waals surface area contributed by atoms with Crippen LogP contribution in [0.5, 0.6) is 0 Å². The summed E-state index contributed by atoms with van der Waals surface area (Å²) in [6.45, 7) is 9.77. The smallest absolute Gasteiger partial charge is 0.131 e. The summed E-state index contributed by atoms with van der Waals surface area (Å²) in [7, 11) is 4.40. The molecule has 1 aliphatic rings. The molecule has 0 aromatic carbocycles. The number of likely N-dealkylation sites (tertiary alicyclic amines) is 1. The van der Waals surface area contributed by atoms with Gasteiger partial charge in [0, 0.05) is 31.9 Å². The van der Waals surface area contributed by atoms with Crippen molar-refractivity contribution in [3.63, 3.8) is 0 Å². The number of aromatic nitrogens is 1. The highest BCUT2D eigenvalue weighted by atomic mass is 15.2. The zero-order valence-electron chi connectivity index (χ0n) is 14.2. The lowest BCUT2D eigenvalue weighted by atomic mass is 10.0. The highest BCUT2D eigenvalue weighted by molar-refractivity contribution is 5.47. The van der Waals surface area contributed by atoms with Crippen molar-refractivity contribution < 1.29 is 0 Å². The lowest BCUT2D eigenvalue weighted by Crippen LogP contribution is -2.42. The van der Waals surface area contributed by atoms with Crippen LogP contribution in [0.4, 0.5) is 5.82 Å². The first-order valence-electron chi connectivity index (χ1n) is 8.07. The summed E-state index contributed by atoms with van der Waals surface area (Å²) >= 11 is 0. The van der Waals surface area contributed by atoms with Crippen molar-refractivity contribution in [1.82, 2.24) is 15.2 Å². The van der Waals surface area contributed by atoms with Crippen LogP contribution in [0.1, 0.15) is 37.8 Å². The molecule has 1 aliphatic heterocycles. The quantitative estimate of drug-likeness (QED) is 0.902. The van der Waals surface area contributed by atoms with Crippen LogP contribution in [-0.2, 0) is 6.54 Å². The Morgan fingerprint density at radius 2 is 2.05 bits per heavy atom. The van der Waals surface area contributed by atoms with E-state index in [2.05, 4.69) is 56.0 Å². The van der Waals surface area contributed by atoms with Gasteiger partial charge >= 0.3 is 0 Å². The van der Waals surface area contributed by atoms with E-state index in [4.69, 9.17) is 4.98 Å². The Bertz CT molecular complexity index is 450. The van der Waals surface area contributed by atoms with Crippen molar-refractivity contribution in [3.05, 3.63) is 23.4 Å². The molecule has 21 heavy (non-hydrogen) atoms. The van der Waals surface area contributed by atoms with Crippen molar-refractivity contribution in [2.75, 3.05) is 32.1 Å². The van der Waals surface area contributed by atoms with Crippen molar-refractivity contribution in [3.8, 4) is 0 Å². The summed E-state index contributed by atoms with van der Waals surface area (Å²) in [5.74, 6) is 1.14. The molecule has 0 amide bonds. The SMILES string of the molecule is Cc1cc(CNC(C)C)cnc1N(C)C1CCN(C)CC1. The maximum absolute atomic E-state index is 4.72. The Morgan fingerprint density at radius 3 is 2.62 bits per heavy atom. The minimum absolute atomic E-state index is 0.506. The fourth-order valence-electron chi connectivity index (χ4n) is 2.97. The first-order chi connectivity index (χ1) is 9.97. The minimum Gasteiger partial charge on any atom is -0.356 e. The fraction of sp³-hybridized carbons (Fsp3) is 0.706. The van der Waals surface area contributed by atoms with Gasteiger partial charge in [-0.25, -0.2) is 4.98 Å². The minimum atomic E-state index is 0.506. The van der Waals surface area contributed by atoms with E-state index in [0.29, 0.717) is 12.1 Å². The van der Waals surface area contributed by atoms with Crippen LogP contribution < -0.4 is 10.2 Å². The van der Waals surface area contributed by atoms with Gasteiger partial charge in [0.25, 0.3) is 0 Å². The second-order valence-corrected chi connectivity index (χ2v) is 6.67. The number of anilines is 1. The van der Waals surface area contributed by atoms with Gasteiger partial charge in [-0.2, -0.15) is 0 Å². The summed E-state index contributed by atoms with van der Waals surface area (Å²) in [5, 5.41) is 3.45. The molecule has 0 aliphatic carbocycles. The second kappa shape index (κ2) is 7.23. The molecule has 0 unspecified atom stereocenters. The molecule has 0 atom stereocenters. The van der Waals surface area contributed by atoms with Crippen LogP contribution in [0.2, 0.25) is 0 Å². The predicted octanol–water partition coefficient (Wildman–Crippen LogP) is 2.42. The number of pyridine rings is 1. The van der Waals surface area contributed by atoms with Crippen LogP contribution in [-0.4, -0.2) is 49.2 Å². The Balaban J connectivity index is 2.02. The number of piperidine rings is 1. The maximum atomic E-state index is 4.72. The third-order valence-electron chi connectivity index (χ3n) is 4.39. The molecule has 1 aromatic heterocycles. The molecule has 1 fully saturated rings. The molecular formula is C17H30N4. The molecule has 1 N–H and O–H groups in total. The molecule has 0 saturated carbocycles. The maximum Gasteiger partial charge on any atom is 0.131 e. The van der Waals surface area contributed by atoms with Gasteiger partial charge in [0.05, 0.1) is 0 Å². The molecule has 1 aromatic rings. The third-order valence-corrected chi connectivity index (χ3v) is 4.39. The van der Waals surface area contributed by atoms with Crippen LogP contribution >= 0.6 is 0 Å². The molecule has 0 bridgehead atoms. The lowest BCUT2D eigenvalue weighted by Gasteiger charge is -2.36. The number of nitrogens with one attached hydrogen (secondary N) is 1. The largest absolute Gasteiger partial charge is 0.356 e. The van der Waals surface area contributed by atoms with Crippen LogP contribution in [0.15, 0.2) is 12.3 Å². The molecule has 2 rings (SSSR count). The van der Waals surface area contributed by atoms with Crippen LogP contribution in [0.25, 0.3) is 0 Å². The van der Waals surface area contributed by atoms with E-state index in [1.54, 1.807) is 0 Å². The van der Waals surface area contributed by atoms with E-state index in [9.17, 15) is 0 Å². The zero-order valence-corrected chi connectivity index (χ0v) is 14.2. The molecule has 2 heterocycles. The molecule has 0 radical (unpaired) electrons. The predicted molar refractivity (Wildman–Crippen MR) is 89.9 cm³/mol. The fourth-order valence-corrected chi connectivity index (χ4v) is 2.97. The molecule has 4 heteroatoms. The molecule has 4 nitrogen and oxygen atoms in total. The average Bonchev–Trinajstić information content (AvgIpc) is 2.45. The number of nitrogens with zero attached hydrogens (tertiary/aromatic N) is 3. The Morgan fingerprint density at radius 1 is 1.38 bits per heavy atom. The van der Waals surface area contributed by atoms with Crippen molar-refractivity contribution in [1.29, 1.82) is 0 Å². The van der Waals surface area contributed by atoms with Gasteiger partial charge < -0.3 is 15.1 Å². The van der Waals surface area contributed by atoms with Crippen LogP contribution in [0, 0.1) is 6.92 Å². The van der Waals surface area contributed by atoms with Gasteiger partial charge in [-0.15, -0.1) is 0 Å². The van der Waals surface area contributed by atoms with E-state index in [-0.39, 0.29) is 0 Å². The summed E-state index contributed by atoms with van der Waals surface area (Å²) < 4.78 is 0. The number of hydrogen-bond acceptors (Lipinski definition) is 4. The summed E-state index contributed by atoms with van der Waals surface area (Å²) in [4.78, 5) is 9.51. The monoisotopic (exact) mass is 290 g/mol. The summed E-state index contributed by atoms with van der Waals surface area (Å²) in [5.41, 5.74) is 2.54. The van der Waals surface area contributed by atoms with Gasteiger partial charge in [-0.05, 0) is 57.1 Å². The molecule has 118 valence electrons.